The molecule has 17 heavy (non-hydrogen) atoms. The molecular formula is C13H19ClFNO. The van der Waals surface area contributed by atoms with E-state index in [1.165, 1.54) is 0 Å². The molecule has 0 aliphatic carbocycles. The van der Waals surface area contributed by atoms with Crippen LogP contribution in [0.4, 0.5) is 4.39 Å². The van der Waals surface area contributed by atoms with Crippen molar-refractivity contribution < 1.29 is 9.13 Å². The lowest BCUT2D eigenvalue weighted by atomic mass is 10.1. The highest BCUT2D eigenvalue weighted by molar-refractivity contribution is 6.32. The molecule has 2 nitrogen and oxygen atoms in total. The quantitative estimate of drug-likeness (QED) is 0.805. The van der Waals surface area contributed by atoms with E-state index in [4.69, 9.17) is 16.3 Å². The van der Waals surface area contributed by atoms with Crippen molar-refractivity contribution in [3.63, 3.8) is 0 Å². The van der Waals surface area contributed by atoms with Crippen molar-refractivity contribution in [3.8, 4) is 5.75 Å². The summed E-state index contributed by atoms with van der Waals surface area (Å²) in [6, 6.07) is 5.86. The molecule has 0 aliphatic rings. The van der Waals surface area contributed by atoms with Crippen molar-refractivity contribution in [1.82, 2.24) is 5.32 Å². The van der Waals surface area contributed by atoms with Gasteiger partial charge >= 0.3 is 0 Å². The van der Waals surface area contributed by atoms with Crippen LogP contribution in [0.2, 0.25) is 5.02 Å². The van der Waals surface area contributed by atoms with Gasteiger partial charge in [0.1, 0.15) is 19.0 Å². The molecule has 1 atom stereocenters. The Hall–Kier alpha value is -0.800. The van der Waals surface area contributed by atoms with Gasteiger partial charge < -0.3 is 10.1 Å². The molecule has 0 saturated heterocycles. The molecule has 1 aromatic rings. The minimum absolute atomic E-state index is 0.0444. The second kappa shape index (κ2) is 7.51. The number of rotatable bonds is 7. The molecule has 0 aromatic heterocycles. The van der Waals surface area contributed by atoms with Crippen LogP contribution in [0.25, 0.3) is 0 Å². The summed E-state index contributed by atoms with van der Waals surface area (Å²) in [4.78, 5) is 0. The maximum absolute atomic E-state index is 12.0. The predicted molar refractivity (Wildman–Crippen MR) is 69.6 cm³/mol. The third-order valence-electron chi connectivity index (χ3n) is 2.49. The van der Waals surface area contributed by atoms with Gasteiger partial charge in [0.15, 0.2) is 0 Å². The van der Waals surface area contributed by atoms with Crippen molar-refractivity contribution in [1.29, 1.82) is 0 Å². The number of alkyl halides is 1. The third kappa shape index (κ3) is 4.52. The number of nitrogens with one attached hydrogen (secondary N) is 1. The van der Waals surface area contributed by atoms with Gasteiger partial charge in [0.05, 0.1) is 5.02 Å². The molecule has 0 radical (unpaired) electrons. The molecule has 0 aliphatic heterocycles. The van der Waals surface area contributed by atoms with E-state index in [1.807, 2.05) is 12.1 Å². The van der Waals surface area contributed by atoms with E-state index in [1.54, 1.807) is 6.07 Å². The summed E-state index contributed by atoms with van der Waals surface area (Å²) in [5.41, 5.74) is 1.11. The van der Waals surface area contributed by atoms with E-state index in [0.717, 1.165) is 18.5 Å². The highest BCUT2D eigenvalue weighted by Crippen LogP contribution is 2.27. The van der Waals surface area contributed by atoms with Crippen LogP contribution in [0.5, 0.6) is 5.75 Å². The maximum atomic E-state index is 12.0. The molecule has 4 heteroatoms. The fourth-order valence-corrected chi connectivity index (χ4v) is 1.77. The van der Waals surface area contributed by atoms with Crippen LogP contribution >= 0.6 is 11.6 Å². The highest BCUT2D eigenvalue weighted by Gasteiger charge is 2.08. The molecule has 1 rings (SSSR count). The SMILES string of the molecule is CCCNC(C)c1ccc(OCCF)c(Cl)c1. The third-order valence-corrected chi connectivity index (χ3v) is 2.79. The highest BCUT2D eigenvalue weighted by atomic mass is 35.5. The molecule has 0 heterocycles. The van der Waals surface area contributed by atoms with E-state index >= 15 is 0 Å². The van der Waals surface area contributed by atoms with Gasteiger partial charge in [-0.15, -0.1) is 0 Å². The number of ether oxygens (including phenoxy) is 1. The molecule has 0 bridgehead atoms. The van der Waals surface area contributed by atoms with Crippen LogP contribution in [0.1, 0.15) is 31.9 Å². The summed E-state index contributed by atoms with van der Waals surface area (Å²) in [5, 5.41) is 3.91. The first-order valence-electron chi connectivity index (χ1n) is 5.90. The lowest BCUT2D eigenvalue weighted by Crippen LogP contribution is -2.19. The molecule has 0 fully saturated rings. The fraction of sp³-hybridized carbons (Fsp3) is 0.538. The van der Waals surface area contributed by atoms with Gasteiger partial charge in [-0.3, -0.25) is 0 Å². The molecule has 1 unspecified atom stereocenters. The van der Waals surface area contributed by atoms with Crippen molar-refractivity contribution in [2.24, 2.45) is 0 Å². The van der Waals surface area contributed by atoms with E-state index < -0.39 is 6.67 Å². The lowest BCUT2D eigenvalue weighted by molar-refractivity contribution is 0.273. The molecule has 1 aromatic carbocycles. The molecule has 0 amide bonds. The number of hydrogen-bond donors (Lipinski definition) is 1. The Morgan fingerprint density at radius 3 is 2.82 bits per heavy atom. The van der Waals surface area contributed by atoms with Crippen LogP contribution in [-0.2, 0) is 0 Å². The average Bonchev–Trinajstić information content (AvgIpc) is 2.34. The standard InChI is InChI=1S/C13H19ClFNO/c1-3-7-16-10(2)11-4-5-13(12(14)9-11)17-8-6-15/h4-5,9-10,16H,3,6-8H2,1-2H3. The average molecular weight is 260 g/mol. The minimum Gasteiger partial charge on any atom is -0.489 e. The Kier molecular flexibility index (Phi) is 6.30. The lowest BCUT2D eigenvalue weighted by Gasteiger charge is -2.15. The van der Waals surface area contributed by atoms with Gasteiger partial charge in [-0.25, -0.2) is 4.39 Å². The molecule has 1 N–H and O–H groups in total. The van der Waals surface area contributed by atoms with Gasteiger partial charge in [0.25, 0.3) is 0 Å². The first-order chi connectivity index (χ1) is 8.19. The Bertz CT molecular complexity index is 346. The second-order valence-corrected chi connectivity index (χ2v) is 4.31. The van der Waals surface area contributed by atoms with Crippen LogP contribution in [0, 0.1) is 0 Å². The summed E-state index contributed by atoms with van der Waals surface area (Å²) in [6.45, 7) is 4.72. The number of halogens is 2. The first kappa shape index (κ1) is 14.3. The number of benzene rings is 1. The minimum atomic E-state index is -0.507. The molecular weight excluding hydrogens is 241 g/mol. The molecule has 0 spiro atoms. The van der Waals surface area contributed by atoms with E-state index in [2.05, 4.69) is 19.2 Å². The topological polar surface area (TPSA) is 21.3 Å². The first-order valence-corrected chi connectivity index (χ1v) is 6.28. The normalized spacial score (nSPS) is 12.5. The summed E-state index contributed by atoms with van der Waals surface area (Å²) < 4.78 is 17.2. The predicted octanol–water partition coefficient (Wildman–Crippen LogP) is 3.75. The van der Waals surface area contributed by atoms with Crippen LogP contribution < -0.4 is 10.1 Å². The summed E-state index contributed by atoms with van der Waals surface area (Å²) >= 11 is 6.07. The van der Waals surface area contributed by atoms with E-state index in [0.29, 0.717) is 10.8 Å². The van der Waals surface area contributed by atoms with Crippen molar-refractivity contribution in [2.45, 2.75) is 26.3 Å². The van der Waals surface area contributed by atoms with Gasteiger partial charge in [-0.05, 0) is 37.6 Å². The smallest absolute Gasteiger partial charge is 0.138 e. The van der Waals surface area contributed by atoms with Gasteiger partial charge in [-0.1, -0.05) is 24.6 Å². The van der Waals surface area contributed by atoms with Crippen molar-refractivity contribution >= 4 is 11.6 Å². The zero-order valence-electron chi connectivity index (χ0n) is 10.3. The Balaban J connectivity index is 2.67. The van der Waals surface area contributed by atoms with Crippen molar-refractivity contribution in [3.05, 3.63) is 28.8 Å². The fourth-order valence-electron chi connectivity index (χ4n) is 1.53. The molecule has 96 valence electrons. The zero-order valence-corrected chi connectivity index (χ0v) is 11.1. The van der Waals surface area contributed by atoms with Crippen LogP contribution in [0.3, 0.4) is 0 Å². The van der Waals surface area contributed by atoms with Crippen LogP contribution in [-0.4, -0.2) is 19.8 Å². The Morgan fingerprint density at radius 1 is 1.47 bits per heavy atom. The monoisotopic (exact) mass is 259 g/mol. The van der Waals surface area contributed by atoms with E-state index in [9.17, 15) is 4.39 Å². The van der Waals surface area contributed by atoms with Gasteiger partial charge in [-0.2, -0.15) is 0 Å². The number of hydrogen-bond acceptors (Lipinski definition) is 2. The maximum Gasteiger partial charge on any atom is 0.138 e. The van der Waals surface area contributed by atoms with Crippen molar-refractivity contribution in [2.75, 3.05) is 19.8 Å². The van der Waals surface area contributed by atoms with E-state index in [-0.39, 0.29) is 12.6 Å². The summed E-state index contributed by atoms with van der Waals surface area (Å²) in [7, 11) is 0. The Morgan fingerprint density at radius 2 is 2.24 bits per heavy atom. The van der Waals surface area contributed by atoms with Crippen LogP contribution in [0.15, 0.2) is 18.2 Å². The zero-order chi connectivity index (χ0) is 12.7. The largest absolute Gasteiger partial charge is 0.489 e. The Labute approximate surface area is 107 Å². The second-order valence-electron chi connectivity index (χ2n) is 3.90. The molecule has 0 saturated carbocycles. The summed E-state index contributed by atoms with van der Waals surface area (Å²) in [5.74, 6) is 0.538. The summed E-state index contributed by atoms with van der Waals surface area (Å²) in [6.07, 6.45) is 1.09. The van der Waals surface area contributed by atoms with Gasteiger partial charge in [0, 0.05) is 6.04 Å². The van der Waals surface area contributed by atoms with Gasteiger partial charge in [0.2, 0.25) is 0 Å².